The van der Waals surface area contributed by atoms with Gasteiger partial charge in [-0.15, -0.1) is 0 Å². The summed E-state index contributed by atoms with van der Waals surface area (Å²) in [6.07, 6.45) is 3.29. The average molecular weight is 235 g/mol. The number of nitrogens with two attached hydrogens (primary N) is 1. The highest BCUT2D eigenvalue weighted by atomic mass is 19.1. The lowest BCUT2D eigenvalue weighted by molar-refractivity contribution is 0.602. The zero-order valence-corrected chi connectivity index (χ0v) is 9.00. The molecule has 3 N–H and O–H groups in total. The van der Waals surface area contributed by atoms with Gasteiger partial charge in [0.2, 0.25) is 0 Å². The number of aromatic nitrogens is 2. The van der Waals surface area contributed by atoms with Crippen molar-refractivity contribution < 1.29 is 8.78 Å². The van der Waals surface area contributed by atoms with Gasteiger partial charge >= 0.3 is 0 Å². The molecular weight excluding hydrogens is 224 g/mol. The monoisotopic (exact) mass is 235 g/mol. The van der Waals surface area contributed by atoms with Gasteiger partial charge in [-0.05, 0) is 31.0 Å². The highest BCUT2D eigenvalue weighted by molar-refractivity contribution is 5.59. The summed E-state index contributed by atoms with van der Waals surface area (Å²) >= 11 is 0. The largest absolute Gasteiger partial charge is 0.346 e. The van der Waals surface area contributed by atoms with Crippen molar-refractivity contribution in [3.63, 3.8) is 0 Å². The van der Waals surface area contributed by atoms with E-state index in [9.17, 15) is 8.78 Å². The van der Waals surface area contributed by atoms with Gasteiger partial charge in [0, 0.05) is 11.8 Å². The molecule has 1 aromatic heterocycles. The van der Waals surface area contributed by atoms with Crippen LogP contribution in [0.3, 0.4) is 0 Å². The van der Waals surface area contributed by atoms with Crippen molar-refractivity contribution in [3.8, 4) is 11.3 Å². The Labute approximate surface area is 96.7 Å². The Morgan fingerprint density at radius 1 is 1.29 bits per heavy atom. The van der Waals surface area contributed by atoms with E-state index in [0.29, 0.717) is 11.5 Å². The van der Waals surface area contributed by atoms with Crippen LogP contribution in [-0.2, 0) is 5.54 Å². The summed E-state index contributed by atoms with van der Waals surface area (Å²) in [6.45, 7) is 0. The normalized spacial score (nSPS) is 17.1. The molecule has 0 unspecified atom stereocenters. The van der Waals surface area contributed by atoms with E-state index in [0.717, 1.165) is 31.0 Å². The molecule has 0 saturated heterocycles. The molecule has 1 aliphatic rings. The summed E-state index contributed by atoms with van der Waals surface area (Å²) in [6, 6.07) is 3.30. The fourth-order valence-electron chi connectivity index (χ4n) is 1.78. The number of H-pyrrole nitrogens is 1. The Bertz CT molecular complexity index is 573. The fraction of sp³-hybridized carbons (Fsp3) is 0.250. The predicted molar refractivity (Wildman–Crippen MR) is 59.0 cm³/mol. The van der Waals surface area contributed by atoms with Crippen LogP contribution in [0.1, 0.15) is 18.7 Å². The predicted octanol–water partition coefficient (Wildman–Crippen LogP) is 2.30. The molecule has 88 valence electrons. The Morgan fingerprint density at radius 2 is 2.06 bits per heavy atom. The van der Waals surface area contributed by atoms with Crippen LogP contribution in [-0.4, -0.2) is 9.97 Å². The number of nitrogens with one attached hydrogen (secondary N) is 1. The minimum Gasteiger partial charge on any atom is -0.346 e. The molecule has 3 rings (SSSR count). The van der Waals surface area contributed by atoms with Crippen molar-refractivity contribution in [3.05, 3.63) is 41.9 Å². The van der Waals surface area contributed by atoms with E-state index >= 15 is 0 Å². The zero-order valence-electron chi connectivity index (χ0n) is 9.00. The molecule has 1 heterocycles. The molecule has 0 atom stereocenters. The lowest BCUT2D eigenvalue weighted by Gasteiger charge is -2.02. The van der Waals surface area contributed by atoms with E-state index in [4.69, 9.17) is 5.73 Å². The quantitative estimate of drug-likeness (QED) is 0.839. The Morgan fingerprint density at radius 3 is 2.76 bits per heavy atom. The van der Waals surface area contributed by atoms with Crippen molar-refractivity contribution >= 4 is 0 Å². The standard InChI is InChI=1S/C12H11F2N3/c13-7-1-2-9(14)8(5-7)10-6-16-11(17-10)12(15)3-4-12/h1-2,5-6H,3-4,15H2,(H,16,17). The van der Waals surface area contributed by atoms with E-state index in [1.54, 1.807) is 6.20 Å². The third-order valence-electron chi connectivity index (χ3n) is 3.04. The molecule has 0 spiro atoms. The maximum Gasteiger partial charge on any atom is 0.132 e. The molecule has 1 fully saturated rings. The lowest BCUT2D eigenvalue weighted by Crippen LogP contribution is -2.20. The Balaban J connectivity index is 2.03. The van der Waals surface area contributed by atoms with Gasteiger partial charge < -0.3 is 10.7 Å². The van der Waals surface area contributed by atoms with Gasteiger partial charge in [-0.1, -0.05) is 0 Å². The van der Waals surface area contributed by atoms with Crippen molar-refractivity contribution in [2.24, 2.45) is 5.73 Å². The molecule has 0 bridgehead atoms. The Kier molecular flexibility index (Phi) is 2.06. The second-order valence-electron chi connectivity index (χ2n) is 4.41. The van der Waals surface area contributed by atoms with E-state index in [-0.39, 0.29) is 5.56 Å². The summed E-state index contributed by atoms with van der Waals surface area (Å²) in [5.74, 6) is -0.345. The van der Waals surface area contributed by atoms with Crippen LogP contribution in [0.25, 0.3) is 11.3 Å². The maximum absolute atomic E-state index is 13.5. The van der Waals surface area contributed by atoms with Gasteiger partial charge in [-0.25, -0.2) is 13.8 Å². The Hall–Kier alpha value is -1.75. The highest BCUT2D eigenvalue weighted by Gasteiger charge is 2.42. The molecule has 17 heavy (non-hydrogen) atoms. The second kappa shape index (κ2) is 3.37. The summed E-state index contributed by atoms with van der Waals surface area (Å²) in [5, 5.41) is 0. The van der Waals surface area contributed by atoms with Gasteiger partial charge in [0.25, 0.3) is 0 Å². The first kappa shape index (κ1) is 10.4. The maximum atomic E-state index is 13.5. The van der Waals surface area contributed by atoms with Gasteiger partial charge in [-0.3, -0.25) is 0 Å². The number of imidazole rings is 1. The second-order valence-corrected chi connectivity index (χ2v) is 4.41. The fourth-order valence-corrected chi connectivity index (χ4v) is 1.78. The molecule has 0 amide bonds. The third-order valence-corrected chi connectivity index (χ3v) is 3.04. The van der Waals surface area contributed by atoms with Crippen LogP contribution in [0.5, 0.6) is 0 Å². The van der Waals surface area contributed by atoms with Gasteiger partial charge in [0.15, 0.2) is 0 Å². The molecule has 1 aromatic carbocycles. The first-order chi connectivity index (χ1) is 8.08. The van der Waals surface area contributed by atoms with Crippen molar-refractivity contribution in [1.82, 2.24) is 9.97 Å². The summed E-state index contributed by atoms with van der Waals surface area (Å²) in [7, 11) is 0. The van der Waals surface area contributed by atoms with Crippen molar-refractivity contribution in [2.75, 3.05) is 0 Å². The number of rotatable bonds is 2. The van der Waals surface area contributed by atoms with Gasteiger partial charge in [0.1, 0.15) is 17.5 Å². The van der Waals surface area contributed by atoms with Crippen LogP contribution in [0, 0.1) is 11.6 Å². The SMILES string of the molecule is NC1(c2nc(-c3cc(F)ccc3F)c[nH]2)CC1. The van der Waals surface area contributed by atoms with Gasteiger partial charge in [0.05, 0.1) is 11.2 Å². The number of aromatic amines is 1. The summed E-state index contributed by atoms with van der Waals surface area (Å²) < 4.78 is 26.6. The molecule has 2 aromatic rings. The van der Waals surface area contributed by atoms with Gasteiger partial charge in [-0.2, -0.15) is 0 Å². The van der Waals surface area contributed by atoms with Crippen LogP contribution in [0.15, 0.2) is 24.4 Å². The lowest BCUT2D eigenvalue weighted by atomic mass is 10.1. The molecular formula is C12H11F2N3. The van der Waals surface area contributed by atoms with E-state index in [2.05, 4.69) is 9.97 Å². The molecule has 5 heteroatoms. The van der Waals surface area contributed by atoms with E-state index < -0.39 is 17.2 Å². The number of halogens is 2. The van der Waals surface area contributed by atoms with E-state index in [1.807, 2.05) is 0 Å². The number of hydrogen-bond donors (Lipinski definition) is 2. The minimum absolute atomic E-state index is 0.150. The number of hydrogen-bond acceptors (Lipinski definition) is 2. The molecule has 0 radical (unpaired) electrons. The van der Waals surface area contributed by atoms with Crippen molar-refractivity contribution in [2.45, 2.75) is 18.4 Å². The molecule has 3 nitrogen and oxygen atoms in total. The van der Waals surface area contributed by atoms with Crippen LogP contribution in [0.4, 0.5) is 8.78 Å². The molecule has 1 saturated carbocycles. The molecule has 1 aliphatic carbocycles. The number of benzene rings is 1. The summed E-state index contributed by atoms with van der Waals surface area (Å²) in [4.78, 5) is 7.16. The van der Waals surface area contributed by atoms with Crippen LogP contribution >= 0.6 is 0 Å². The molecule has 0 aliphatic heterocycles. The first-order valence-corrected chi connectivity index (χ1v) is 5.39. The van der Waals surface area contributed by atoms with Crippen LogP contribution in [0.2, 0.25) is 0 Å². The minimum atomic E-state index is -0.494. The van der Waals surface area contributed by atoms with E-state index in [1.165, 1.54) is 0 Å². The van der Waals surface area contributed by atoms with Crippen molar-refractivity contribution in [1.29, 1.82) is 0 Å². The smallest absolute Gasteiger partial charge is 0.132 e. The average Bonchev–Trinajstić information content (AvgIpc) is 2.88. The third kappa shape index (κ3) is 1.72. The zero-order chi connectivity index (χ0) is 12.0. The first-order valence-electron chi connectivity index (χ1n) is 5.39. The summed E-state index contributed by atoms with van der Waals surface area (Å²) in [5.41, 5.74) is 6.10. The number of nitrogens with zero attached hydrogens (tertiary/aromatic N) is 1. The highest BCUT2D eigenvalue weighted by Crippen LogP contribution is 2.41. The van der Waals surface area contributed by atoms with Crippen LogP contribution < -0.4 is 5.73 Å². The topological polar surface area (TPSA) is 54.7 Å².